The summed E-state index contributed by atoms with van der Waals surface area (Å²) >= 11 is 20.6. The first kappa shape index (κ1) is 68.7. The molecule has 2 aliphatic heterocycles. The summed E-state index contributed by atoms with van der Waals surface area (Å²) in [6, 6.07) is 61.6. The monoisotopic (exact) mass is 1410 g/mol. The number of aliphatic hydroxyl groups excluding tert-OH is 1. The number of pyridine rings is 1. The van der Waals surface area contributed by atoms with Crippen LogP contribution in [0.15, 0.2) is 207 Å². The lowest BCUT2D eigenvalue weighted by Crippen LogP contribution is -2.51. The van der Waals surface area contributed by atoms with Crippen LogP contribution in [-0.2, 0) is 40.6 Å². The molecule has 7 aromatic heterocycles. The van der Waals surface area contributed by atoms with Gasteiger partial charge in [0.25, 0.3) is 5.92 Å². The summed E-state index contributed by atoms with van der Waals surface area (Å²) in [6.07, 6.45) is 4.25. The molecule has 21 nitrogen and oxygen atoms in total. The smallest absolute Gasteiger partial charge is 0.257 e. The van der Waals surface area contributed by atoms with Gasteiger partial charge in [0.05, 0.1) is 43.9 Å². The van der Waals surface area contributed by atoms with E-state index in [1.54, 1.807) is 36.5 Å². The molecule has 2 fully saturated rings. The molecule has 13 aromatic rings. The lowest BCUT2D eigenvalue weighted by atomic mass is 10.1. The van der Waals surface area contributed by atoms with Crippen LogP contribution < -0.4 is 5.32 Å². The van der Waals surface area contributed by atoms with Crippen LogP contribution in [0.4, 0.5) is 8.78 Å². The minimum atomic E-state index is -2.76. The molecule has 0 spiro atoms. The van der Waals surface area contributed by atoms with Crippen molar-refractivity contribution in [3.63, 3.8) is 0 Å². The fourth-order valence-electron chi connectivity index (χ4n) is 12.1. The number of halogens is 5. The molecule has 0 atom stereocenters. The van der Waals surface area contributed by atoms with Gasteiger partial charge in [0.1, 0.15) is 53.8 Å². The maximum atomic E-state index is 13.4. The Morgan fingerprint density at radius 3 is 1.13 bits per heavy atom. The second-order valence-electron chi connectivity index (χ2n) is 24.4. The molecule has 2 saturated heterocycles. The zero-order chi connectivity index (χ0) is 70.0. The number of benzene rings is 6. The van der Waals surface area contributed by atoms with E-state index in [4.69, 9.17) is 50.1 Å². The molecule has 2 N–H and O–H groups in total. The Morgan fingerprint density at radius 2 is 0.792 bits per heavy atom. The van der Waals surface area contributed by atoms with Crippen molar-refractivity contribution in [1.82, 2.24) is 84.9 Å². The quantitative estimate of drug-likeness (QED) is 0.0915. The molecule has 0 aliphatic carbocycles. The minimum absolute atomic E-state index is 0.0146. The molecule has 0 unspecified atom stereocenters. The van der Waals surface area contributed by atoms with Gasteiger partial charge < -0.3 is 20.2 Å². The minimum Gasteiger partial charge on any atom is -0.393 e. The van der Waals surface area contributed by atoms with E-state index >= 15 is 0 Å². The molecule has 26 heteroatoms. The number of piperazine rings is 1. The Labute approximate surface area is 594 Å². The van der Waals surface area contributed by atoms with Crippen LogP contribution in [0, 0.1) is 0 Å². The Bertz CT molecular complexity index is 5030. The number of hydrogen-bond acceptors (Lipinski definition) is 15. The first-order chi connectivity index (χ1) is 49.1. The number of aliphatic hydroxyl groups is 1. The first-order valence-corrected chi connectivity index (χ1v) is 33.9. The van der Waals surface area contributed by atoms with Gasteiger partial charge in [-0.1, -0.05) is 223 Å². The first-order valence-electron chi connectivity index (χ1n) is 32.7. The number of likely N-dealkylation sites (tertiary alicyclic amines) is 1. The predicted molar refractivity (Wildman–Crippen MR) is 385 cm³/mol. The Morgan fingerprint density at radius 1 is 0.455 bits per heavy atom. The van der Waals surface area contributed by atoms with Crippen molar-refractivity contribution in [2.75, 3.05) is 45.8 Å². The summed E-state index contributed by atoms with van der Waals surface area (Å²) in [4.78, 5) is 47.9. The van der Waals surface area contributed by atoms with E-state index in [2.05, 4.69) is 40.9 Å². The van der Waals surface area contributed by atoms with E-state index in [9.17, 15) is 28.3 Å². The van der Waals surface area contributed by atoms with Gasteiger partial charge in [-0.3, -0.25) is 24.3 Å². The molecule has 9 heterocycles. The van der Waals surface area contributed by atoms with Crippen molar-refractivity contribution in [1.29, 1.82) is 0 Å². The zero-order valence-corrected chi connectivity index (χ0v) is 56.9. The van der Waals surface area contributed by atoms with Crippen molar-refractivity contribution in [3.05, 3.63) is 227 Å². The summed E-state index contributed by atoms with van der Waals surface area (Å²) in [7, 11) is 0. The fourth-order valence-corrected chi connectivity index (χ4v) is 13.1. The van der Waals surface area contributed by atoms with Crippen LogP contribution in [0.2, 0.25) is 15.1 Å². The van der Waals surface area contributed by atoms with Gasteiger partial charge in [-0.2, -0.15) is 15.3 Å². The van der Waals surface area contributed by atoms with Gasteiger partial charge in [-0.25, -0.2) is 22.8 Å². The van der Waals surface area contributed by atoms with Crippen LogP contribution in [0.5, 0.6) is 0 Å². The second-order valence-corrected chi connectivity index (χ2v) is 25.5. The molecular weight excluding hydrogens is 1350 g/mol. The number of rotatable bonds is 16. The van der Waals surface area contributed by atoms with Gasteiger partial charge in [0, 0.05) is 98.5 Å². The standard InChI is InChI=1S/C26H25ClF2N6O.C25H19ClN6O.C24H22ClN5O2/c1-26(28,29)17-33-12-14-34(15-13-33)20(36)16-35-25-21(23(32-35)18-8-4-2-5-9-18)22(27)24(30-31-25)19-10-6-3-7-11-19;26-22-21-23(18-9-3-1-4-10-18)31-32(16-20(33)28-15-17-8-7-13-27-14-17)25(21)30-29-24(22)19-11-5-2-6-12-19;25-21-20-22(16-7-3-1-4-8-16)28-30(15-19(32)29-13-11-18(31)12-14-29)24(20)27-26-23(21)17-9-5-2-6-10-17/h2-11H,12-17H2,1H3;1-14H,15-16H2,(H,28,33);1-10,18,31H,11-15H2. The van der Waals surface area contributed by atoms with Crippen molar-refractivity contribution < 1.29 is 28.3 Å². The number of piperidine rings is 1. The molecule has 510 valence electrons. The average molecular weight is 1410 g/mol. The van der Waals surface area contributed by atoms with Crippen molar-refractivity contribution >= 4 is 85.6 Å². The van der Waals surface area contributed by atoms with Gasteiger partial charge in [0.2, 0.25) is 17.7 Å². The van der Waals surface area contributed by atoms with E-state index in [-0.39, 0.29) is 50.0 Å². The number of amides is 3. The molecule has 3 amide bonds. The summed E-state index contributed by atoms with van der Waals surface area (Å²) in [5, 5.41) is 56.4. The van der Waals surface area contributed by atoms with Crippen molar-refractivity contribution in [3.8, 4) is 67.5 Å². The number of alkyl halides is 2. The third kappa shape index (κ3) is 15.9. The Kier molecular flexibility index (Phi) is 21.2. The van der Waals surface area contributed by atoms with E-state index in [0.717, 1.165) is 45.9 Å². The van der Waals surface area contributed by atoms with E-state index < -0.39 is 5.92 Å². The third-order valence-corrected chi connectivity index (χ3v) is 18.3. The van der Waals surface area contributed by atoms with Crippen LogP contribution in [0.25, 0.3) is 101 Å². The summed E-state index contributed by atoms with van der Waals surface area (Å²) in [5.41, 5.74) is 11.0. The number of nitrogens with zero attached hydrogens (tertiary/aromatic N) is 16. The zero-order valence-electron chi connectivity index (χ0n) is 54.6. The third-order valence-electron chi connectivity index (χ3n) is 17.2. The lowest BCUT2D eigenvalue weighted by molar-refractivity contribution is -0.135. The van der Waals surface area contributed by atoms with Crippen LogP contribution in [0.3, 0.4) is 0 Å². The van der Waals surface area contributed by atoms with E-state index in [0.29, 0.717) is 141 Å². The molecule has 0 radical (unpaired) electrons. The molecule has 2 aliphatic rings. The van der Waals surface area contributed by atoms with Crippen LogP contribution >= 0.6 is 34.8 Å². The number of carbonyl (C=O) groups is 3. The predicted octanol–water partition coefficient (Wildman–Crippen LogP) is 12.9. The molecule has 0 saturated carbocycles. The fraction of sp³-hybridized carbons (Fsp3) is 0.213. The summed E-state index contributed by atoms with van der Waals surface area (Å²) in [6.45, 7) is 3.58. The molecule has 6 aromatic carbocycles. The average Bonchev–Trinajstić information content (AvgIpc) is 1.63. The largest absolute Gasteiger partial charge is 0.393 e. The van der Waals surface area contributed by atoms with E-state index in [1.165, 1.54) is 4.68 Å². The highest BCUT2D eigenvalue weighted by molar-refractivity contribution is 6.40. The number of nitrogens with one attached hydrogen (secondary N) is 1. The Balaban J connectivity index is 0.000000136. The SMILES string of the molecule is CC(F)(F)CN1CCN(C(=O)Cn2nc(-c3ccccc3)c3c(Cl)c(-c4ccccc4)nnc32)CC1.O=C(Cn1nc(-c2ccccc2)c2c(Cl)c(-c3ccccc3)nnc21)N1CCC(O)CC1.O=C(Cn1nc(-c2ccccc2)c2c(Cl)c(-c3ccccc3)nnc21)NCc1cccnc1. The molecule has 0 bridgehead atoms. The lowest BCUT2D eigenvalue weighted by Gasteiger charge is -2.35. The maximum Gasteiger partial charge on any atom is 0.257 e. The normalized spacial score (nSPS) is 13.6. The molecule has 101 heavy (non-hydrogen) atoms. The topological polar surface area (TPSA) is 237 Å². The van der Waals surface area contributed by atoms with Crippen molar-refractivity contribution in [2.45, 2.75) is 58.0 Å². The highest BCUT2D eigenvalue weighted by Crippen LogP contribution is 2.41. The summed E-state index contributed by atoms with van der Waals surface area (Å²) in [5.74, 6) is -3.18. The van der Waals surface area contributed by atoms with Gasteiger partial charge in [0.15, 0.2) is 16.9 Å². The number of hydrogen-bond donors (Lipinski definition) is 2. The molecular formula is C75H66Cl3F2N17O4. The highest BCUT2D eigenvalue weighted by Gasteiger charge is 2.31. The Hall–Kier alpha value is -10.8. The number of carbonyl (C=O) groups excluding carboxylic acids is 3. The van der Waals surface area contributed by atoms with Crippen LogP contribution in [0.1, 0.15) is 25.3 Å². The van der Waals surface area contributed by atoms with Gasteiger partial charge >= 0.3 is 0 Å². The van der Waals surface area contributed by atoms with Gasteiger partial charge in [-0.05, 0) is 24.5 Å². The van der Waals surface area contributed by atoms with Crippen LogP contribution in [-0.4, -0.2) is 160 Å². The van der Waals surface area contributed by atoms with Gasteiger partial charge in [-0.15, -0.1) is 30.6 Å². The van der Waals surface area contributed by atoms with E-state index in [1.807, 2.05) is 194 Å². The molecule has 15 rings (SSSR count). The highest BCUT2D eigenvalue weighted by atomic mass is 35.5. The summed E-state index contributed by atoms with van der Waals surface area (Å²) < 4.78 is 31.4. The maximum absolute atomic E-state index is 13.4. The second kappa shape index (κ2) is 31.2. The number of aromatic nitrogens is 13. The van der Waals surface area contributed by atoms with Crippen molar-refractivity contribution in [2.24, 2.45) is 0 Å². The number of fused-ring (bicyclic) bond motifs is 3.